The smallest absolute Gasteiger partial charge is 0.324 e. The minimum atomic E-state index is -0.241. The molecule has 6 nitrogen and oxygen atoms in total. The van der Waals surface area contributed by atoms with Gasteiger partial charge in [0.25, 0.3) is 0 Å². The molecule has 18 heavy (non-hydrogen) atoms. The summed E-state index contributed by atoms with van der Waals surface area (Å²) in [4.78, 5) is 26.9. The van der Waals surface area contributed by atoms with Crippen molar-refractivity contribution < 1.29 is 9.59 Å². The number of hydrogen-bond donors (Lipinski definition) is 2. The standard InChI is InChI=1S/C12H20N4O2/c17-11(16-5-4-14-12(16)18)8-15-6-9-2-1-3-13-10(9)7-15/h9-10,13H,1-8H2,(H,14,18). The molecule has 0 saturated carbocycles. The summed E-state index contributed by atoms with van der Waals surface area (Å²) in [6.45, 7) is 4.48. The molecule has 2 unspecified atom stereocenters. The Morgan fingerprint density at radius 2 is 2.22 bits per heavy atom. The minimum Gasteiger partial charge on any atom is -0.336 e. The number of hydrogen-bond acceptors (Lipinski definition) is 4. The molecule has 100 valence electrons. The fourth-order valence-corrected chi connectivity index (χ4v) is 3.25. The van der Waals surface area contributed by atoms with Crippen LogP contribution in [0.1, 0.15) is 12.8 Å². The normalized spacial score (nSPS) is 32.4. The van der Waals surface area contributed by atoms with Crippen LogP contribution in [-0.2, 0) is 4.79 Å². The van der Waals surface area contributed by atoms with Crippen LogP contribution in [0.5, 0.6) is 0 Å². The Balaban J connectivity index is 1.54. The molecule has 6 heteroatoms. The number of carbonyl (C=O) groups excluding carboxylic acids is 2. The fraction of sp³-hybridized carbons (Fsp3) is 0.833. The minimum absolute atomic E-state index is 0.0661. The average molecular weight is 252 g/mol. The molecular weight excluding hydrogens is 232 g/mol. The SMILES string of the molecule is O=C(CN1CC2CCCNC2C1)N1CCNC1=O. The van der Waals surface area contributed by atoms with Crippen molar-refractivity contribution in [3.63, 3.8) is 0 Å². The Labute approximate surface area is 107 Å². The van der Waals surface area contributed by atoms with Crippen molar-refractivity contribution in [3.8, 4) is 0 Å². The Morgan fingerprint density at radius 3 is 2.94 bits per heavy atom. The van der Waals surface area contributed by atoms with E-state index < -0.39 is 0 Å². The molecule has 2 atom stereocenters. The molecule has 0 aromatic rings. The van der Waals surface area contributed by atoms with E-state index in [2.05, 4.69) is 15.5 Å². The maximum absolute atomic E-state index is 12.0. The van der Waals surface area contributed by atoms with Gasteiger partial charge in [-0.1, -0.05) is 0 Å². The summed E-state index contributed by atoms with van der Waals surface area (Å²) in [5, 5.41) is 6.18. The number of likely N-dealkylation sites (tertiary alicyclic amines) is 1. The first-order valence-corrected chi connectivity index (χ1v) is 6.78. The molecule has 2 N–H and O–H groups in total. The van der Waals surface area contributed by atoms with E-state index in [1.54, 1.807) is 0 Å². The van der Waals surface area contributed by atoms with Gasteiger partial charge in [-0.15, -0.1) is 0 Å². The first-order chi connectivity index (χ1) is 8.74. The molecule has 3 fully saturated rings. The van der Waals surface area contributed by atoms with E-state index in [1.165, 1.54) is 17.7 Å². The van der Waals surface area contributed by atoms with Gasteiger partial charge >= 0.3 is 6.03 Å². The van der Waals surface area contributed by atoms with Crippen molar-refractivity contribution in [1.82, 2.24) is 20.4 Å². The highest BCUT2D eigenvalue weighted by Gasteiger charge is 2.36. The molecular formula is C12H20N4O2. The van der Waals surface area contributed by atoms with Crippen LogP contribution in [0.2, 0.25) is 0 Å². The van der Waals surface area contributed by atoms with Crippen LogP contribution < -0.4 is 10.6 Å². The quantitative estimate of drug-likeness (QED) is 0.677. The highest BCUT2D eigenvalue weighted by atomic mass is 16.2. The van der Waals surface area contributed by atoms with Gasteiger partial charge in [-0.3, -0.25) is 14.6 Å². The highest BCUT2D eigenvalue weighted by molar-refractivity contribution is 5.96. The van der Waals surface area contributed by atoms with Gasteiger partial charge in [-0.2, -0.15) is 0 Å². The number of urea groups is 1. The number of imide groups is 1. The van der Waals surface area contributed by atoms with Gasteiger partial charge in [-0.05, 0) is 25.3 Å². The van der Waals surface area contributed by atoms with Crippen LogP contribution in [0.15, 0.2) is 0 Å². The fourth-order valence-electron chi connectivity index (χ4n) is 3.25. The molecule has 3 saturated heterocycles. The molecule has 0 aromatic heterocycles. The maximum atomic E-state index is 12.0. The summed E-state index contributed by atoms with van der Waals surface area (Å²) in [5.41, 5.74) is 0. The van der Waals surface area contributed by atoms with Crippen molar-refractivity contribution in [2.75, 3.05) is 39.3 Å². The zero-order valence-corrected chi connectivity index (χ0v) is 10.5. The van der Waals surface area contributed by atoms with E-state index in [0.717, 1.165) is 19.6 Å². The van der Waals surface area contributed by atoms with Crippen molar-refractivity contribution in [1.29, 1.82) is 0 Å². The Kier molecular flexibility index (Phi) is 3.22. The third-order valence-corrected chi connectivity index (χ3v) is 4.19. The van der Waals surface area contributed by atoms with Gasteiger partial charge in [0.15, 0.2) is 0 Å². The van der Waals surface area contributed by atoms with Crippen molar-refractivity contribution in [3.05, 3.63) is 0 Å². The zero-order valence-electron chi connectivity index (χ0n) is 10.5. The van der Waals surface area contributed by atoms with E-state index in [0.29, 0.717) is 31.6 Å². The average Bonchev–Trinajstić information content (AvgIpc) is 2.94. The van der Waals surface area contributed by atoms with Gasteiger partial charge in [0.1, 0.15) is 0 Å². The molecule has 0 bridgehead atoms. The summed E-state index contributed by atoms with van der Waals surface area (Å²) in [5.74, 6) is 0.614. The Morgan fingerprint density at radius 1 is 1.33 bits per heavy atom. The molecule has 3 aliphatic heterocycles. The molecule has 3 amide bonds. The second-order valence-electron chi connectivity index (χ2n) is 5.43. The van der Waals surface area contributed by atoms with E-state index in [9.17, 15) is 9.59 Å². The third-order valence-electron chi connectivity index (χ3n) is 4.19. The van der Waals surface area contributed by atoms with E-state index in [4.69, 9.17) is 0 Å². The predicted octanol–water partition coefficient (Wildman–Crippen LogP) is -0.778. The van der Waals surface area contributed by atoms with Crippen LogP contribution in [0.4, 0.5) is 4.79 Å². The molecule has 0 aromatic carbocycles. The third kappa shape index (κ3) is 2.22. The van der Waals surface area contributed by atoms with Crippen LogP contribution in [0, 0.1) is 5.92 Å². The number of rotatable bonds is 2. The number of fused-ring (bicyclic) bond motifs is 1. The lowest BCUT2D eigenvalue weighted by molar-refractivity contribution is -0.128. The highest BCUT2D eigenvalue weighted by Crippen LogP contribution is 2.24. The monoisotopic (exact) mass is 252 g/mol. The second-order valence-corrected chi connectivity index (χ2v) is 5.43. The zero-order chi connectivity index (χ0) is 12.5. The largest absolute Gasteiger partial charge is 0.336 e. The van der Waals surface area contributed by atoms with E-state index in [1.807, 2.05) is 0 Å². The Hall–Kier alpha value is -1.14. The predicted molar refractivity (Wildman–Crippen MR) is 66.1 cm³/mol. The van der Waals surface area contributed by atoms with Crippen LogP contribution in [0.3, 0.4) is 0 Å². The van der Waals surface area contributed by atoms with Gasteiger partial charge in [-0.25, -0.2) is 4.79 Å². The topological polar surface area (TPSA) is 64.7 Å². The number of nitrogens with zero attached hydrogens (tertiary/aromatic N) is 2. The molecule has 0 aliphatic carbocycles. The lowest BCUT2D eigenvalue weighted by Gasteiger charge is -2.24. The second kappa shape index (κ2) is 4.85. The number of carbonyl (C=O) groups is 2. The maximum Gasteiger partial charge on any atom is 0.324 e. The van der Waals surface area contributed by atoms with Crippen molar-refractivity contribution in [2.45, 2.75) is 18.9 Å². The summed E-state index contributed by atoms with van der Waals surface area (Å²) >= 11 is 0. The van der Waals surface area contributed by atoms with Crippen LogP contribution in [-0.4, -0.2) is 67.0 Å². The summed E-state index contributed by atoms with van der Waals surface area (Å²) in [7, 11) is 0. The van der Waals surface area contributed by atoms with E-state index >= 15 is 0 Å². The van der Waals surface area contributed by atoms with Crippen LogP contribution >= 0.6 is 0 Å². The molecule has 3 rings (SSSR count). The number of nitrogens with one attached hydrogen (secondary N) is 2. The van der Waals surface area contributed by atoms with Gasteiger partial charge in [0.05, 0.1) is 6.54 Å². The first kappa shape index (κ1) is 11.9. The van der Waals surface area contributed by atoms with Crippen molar-refractivity contribution in [2.24, 2.45) is 5.92 Å². The summed E-state index contributed by atoms with van der Waals surface area (Å²) < 4.78 is 0. The Bertz CT molecular complexity index is 346. The van der Waals surface area contributed by atoms with Crippen molar-refractivity contribution >= 4 is 11.9 Å². The molecule has 0 radical (unpaired) electrons. The lowest BCUT2D eigenvalue weighted by Crippen LogP contribution is -2.43. The van der Waals surface area contributed by atoms with Crippen LogP contribution in [0.25, 0.3) is 0 Å². The van der Waals surface area contributed by atoms with Gasteiger partial charge < -0.3 is 10.6 Å². The number of piperidine rings is 1. The first-order valence-electron chi connectivity index (χ1n) is 6.78. The molecule has 3 heterocycles. The van der Waals surface area contributed by atoms with E-state index in [-0.39, 0.29) is 11.9 Å². The summed E-state index contributed by atoms with van der Waals surface area (Å²) in [6, 6.07) is 0.300. The molecule has 3 aliphatic rings. The van der Waals surface area contributed by atoms with Gasteiger partial charge in [0.2, 0.25) is 5.91 Å². The lowest BCUT2D eigenvalue weighted by atomic mass is 9.94. The van der Waals surface area contributed by atoms with Gasteiger partial charge in [0, 0.05) is 32.2 Å². The summed E-state index contributed by atoms with van der Waals surface area (Å²) in [6.07, 6.45) is 2.49. The number of amides is 3. The molecule has 0 spiro atoms.